The molecule has 1 aromatic rings. The van der Waals surface area contributed by atoms with Gasteiger partial charge in [-0.15, -0.1) is 0 Å². The molecule has 1 saturated carbocycles. The number of anilines is 1. The van der Waals surface area contributed by atoms with Gasteiger partial charge in [0.05, 0.1) is 0 Å². The molecule has 1 aliphatic carbocycles. The first-order valence-electron chi connectivity index (χ1n) is 6.29. The zero-order chi connectivity index (χ0) is 12.4. The first kappa shape index (κ1) is 12.3. The summed E-state index contributed by atoms with van der Waals surface area (Å²) in [6, 6.07) is 3.00. The van der Waals surface area contributed by atoms with Crippen LogP contribution in [0.1, 0.15) is 38.2 Å². The van der Waals surface area contributed by atoms with Crippen LogP contribution in [0.4, 0.5) is 14.5 Å². The van der Waals surface area contributed by atoms with Crippen molar-refractivity contribution in [2.45, 2.75) is 45.6 Å². The predicted octanol–water partition coefficient (Wildman–Crippen LogP) is 4.26. The zero-order valence-corrected chi connectivity index (χ0v) is 10.4. The lowest BCUT2D eigenvalue weighted by atomic mass is 9.87. The summed E-state index contributed by atoms with van der Waals surface area (Å²) in [6.45, 7) is 3.85. The molecule has 0 aliphatic heterocycles. The Kier molecular flexibility index (Phi) is 3.65. The summed E-state index contributed by atoms with van der Waals surface area (Å²) in [6.07, 6.45) is 4.34. The van der Waals surface area contributed by atoms with Gasteiger partial charge in [0.15, 0.2) is 5.82 Å². The Balaban J connectivity index is 2.15. The van der Waals surface area contributed by atoms with Crippen LogP contribution in [0.3, 0.4) is 0 Å². The molecule has 17 heavy (non-hydrogen) atoms. The number of nitrogens with one attached hydrogen (secondary N) is 1. The molecule has 0 heterocycles. The molecule has 0 saturated heterocycles. The van der Waals surface area contributed by atoms with Gasteiger partial charge in [0.25, 0.3) is 0 Å². The van der Waals surface area contributed by atoms with Gasteiger partial charge in [-0.2, -0.15) is 0 Å². The zero-order valence-electron chi connectivity index (χ0n) is 10.4. The fourth-order valence-corrected chi connectivity index (χ4v) is 2.56. The van der Waals surface area contributed by atoms with Crippen LogP contribution in [0.5, 0.6) is 0 Å². The minimum absolute atomic E-state index is 0.0455. The molecule has 0 radical (unpaired) electrons. The number of hydrogen-bond acceptors (Lipinski definition) is 1. The fourth-order valence-electron chi connectivity index (χ4n) is 2.56. The molecule has 2 unspecified atom stereocenters. The number of rotatable bonds is 2. The van der Waals surface area contributed by atoms with E-state index in [-0.39, 0.29) is 11.7 Å². The smallest absolute Gasteiger partial charge is 0.152 e. The van der Waals surface area contributed by atoms with E-state index in [0.29, 0.717) is 11.5 Å². The van der Waals surface area contributed by atoms with Gasteiger partial charge in [0.2, 0.25) is 0 Å². The maximum atomic E-state index is 13.8. The summed E-state index contributed by atoms with van der Waals surface area (Å²) in [5, 5.41) is 3.04. The Morgan fingerprint density at radius 3 is 2.71 bits per heavy atom. The number of hydrogen-bond donors (Lipinski definition) is 1. The van der Waals surface area contributed by atoms with Crippen molar-refractivity contribution >= 4 is 5.69 Å². The fraction of sp³-hybridized carbons (Fsp3) is 0.571. The van der Waals surface area contributed by atoms with Crippen LogP contribution in [-0.2, 0) is 0 Å². The molecule has 1 aromatic carbocycles. The van der Waals surface area contributed by atoms with E-state index < -0.39 is 11.6 Å². The molecule has 3 heteroatoms. The highest BCUT2D eigenvalue weighted by Crippen LogP contribution is 2.29. The highest BCUT2D eigenvalue weighted by molar-refractivity contribution is 5.49. The third-order valence-corrected chi connectivity index (χ3v) is 3.57. The van der Waals surface area contributed by atoms with E-state index in [1.54, 1.807) is 6.92 Å². The van der Waals surface area contributed by atoms with Crippen molar-refractivity contribution in [3.05, 3.63) is 29.3 Å². The molecule has 1 nitrogen and oxygen atoms in total. The molecule has 0 bridgehead atoms. The average Bonchev–Trinajstić information content (AvgIpc) is 2.30. The van der Waals surface area contributed by atoms with Gasteiger partial charge in [0.1, 0.15) is 11.5 Å². The molecular formula is C14H19F2N. The van der Waals surface area contributed by atoms with Gasteiger partial charge in [-0.05, 0) is 37.3 Å². The van der Waals surface area contributed by atoms with Crippen LogP contribution < -0.4 is 5.32 Å². The van der Waals surface area contributed by atoms with E-state index >= 15 is 0 Å². The van der Waals surface area contributed by atoms with Crippen molar-refractivity contribution in [1.29, 1.82) is 0 Å². The molecule has 0 amide bonds. The molecular weight excluding hydrogens is 220 g/mol. The van der Waals surface area contributed by atoms with Crippen LogP contribution in [0, 0.1) is 24.5 Å². The van der Waals surface area contributed by atoms with Crippen molar-refractivity contribution in [2.75, 3.05) is 5.32 Å². The average molecular weight is 239 g/mol. The summed E-state index contributed by atoms with van der Waals surface area (Å²) < 4.78 is 27.4. The minimum Gasteiger partial charge on any atom is -0.378 e. The van der Waals surface area contributed by atoms with E-state index in [9.17, 15) is 8.78 Å². The van der Waals surface area contributed by atoms with Gasteiger partial charge < -0.3 is 5.32 Å². The molecule has 0 aromatic heterocycles. The van der Waals surface area contributed by atoms with Crippen molar-refractivity contribution in [3.8, 4) is 0 Å². The number of halogens is 2. The van der Waals surface area contributed by atoms with E-state index in [4.69, 9.17) is 0 Å². The second-order valence-electron chi connectivity index (χ2n) is 5.17. The standard InChI is InChI=1S/C14H19F2N/c1-9-4-3-5-11(8-9)17-14-12(15)7-6-10(2)13(14)16/h6-7,9,11,17H,3-5,8H2,1-2H3. The second-order valence-corrected chi connectivity index (χ2v) is 5.17. The topological polar surface area (TPSA) is 12.0 Å². The SMILES string of the molecule is Cc1ccc(F)c(NC2CCCC(C)C2)c1F. The lowest BCUT2D eigenvalue weighted by Gasteiger charge is -2.28. The highest BCUT2D eigenvalue weighted by Gasteiger charge is 2.21. The molecule has 2 atom stereocenters. The molecule has 1 N–H and O–H groups in total. The summed E-state index contributed by atoms with van der Waals surface area (Å²) >= 11 is 0. The maximum absolute atomic E-state index is 13.8. The molecule has 94 valence electrons. The van der Waals surface area contributed by atoms with Crippen molar-refractivity contribution in [3.63, 3.8) is 0 Å². The summed E-state index contributed by atoms with van der Waals surface area (Å²) in [5.41, 5.74) is 0.529. The van der Waals surface area contributed by atoms with Crippen LogP contribution >= 0.6 is 0 Å². The van der Waals surface area contributed by atoms with Gasteiger partial charge in [-0.1, -0.05) is 25.8 Å². The molecule has 2 rings (SSSR count). The van der Waals surface area contributed by atoms with E-state index in [1.165, 1.54) is 18.6 Å². The first-order chi connectivity index (χ1) is 8.08. The number of aryl methyl sites for hydroxylation is 1. The van der Waals surface area contributed by atoms with Crippen molar-refractivity contribution < 1.29 is 8.78 Å². The lowest BCUT2D eigenvalue weighted by molar-refractivity contribution is 0.357. The normalized spacial score (nSPS) is 24.7. The van der Waals surface area contributed by atoms with Crippen LogP contribution in [-0.4, -0.2) is 6.04 Å². The van der Waals surface area contributed by atoms with Gasteiger partial charge in [-0.3, -0.25) is 0 Å². The summed E-state index contributed by atoms with van der Waals surface area (Å²) in [4.78, 5) is 0. The maximum Gasteiger partial charge on any atom is 0.152 e. The Bertz CT molecular complexity index is 403. The number of benzene rings is 1. The monoisotopic (exact) mass is 239 g/mol. The summed E-state index contributed by atoms with van der Waals surface area (Å²) in [7, 11) is 0. The second kappa shape index (κ2) is 5.03. The summed E-state index contributed by atoms with van der Waals surface area (Å²) in [5.74, 6) is -0.313. The third kappa shape index (κ3) is 2.76. The highest BCUT2D eigenvalue weighted by atomic mass is 19.1. The Morgan fingerprint density at radius 1 is 1.24 bits per heavy atom. The Hall–Kier alpha value is -1.12. The largest absolute Gasteiger partial charge is 0.378 e. The van der Waals surface area contributed by atoms with Crippen molar-refractivity contribution in [2.24, 2.45) is 5.92 Å². The minimum atomic E-state index is -0.494. The third-order valence-electron chi connectivity index (χ3n) is 3.57. The van der Waals surface area contributed by atoms with E-state index in [1.807, 2.05) is 0 Å². The van der Waals surface area contributed by atoms with Gasteiger partial charge >= 0.3 is 0 Å². The van der Waals surface area contributed by atoms with Gasteiger partial charge in [0, 0.05) is 6.04 Å². The first-order valence-corrected chi connectivity index (χ1v) is 6.29. The van der Waals surface area contributed by atoms with Crippen LogP contribution in [0.15, 0.2) is 12.1 Å². The molecule has 0 spiro atoms. The van der Waals surface area contributed by atoms with Crippen LogP contribution in [0.2, 0.25) is 0 Å². The predicted molar refractivity (Wildman–Crippen MR) is 66.1 cm³/mol. The van der Waals surface area contributed by atoms with Crippen molar-refractivity contribution in [1.82, 2.24) is 0 Å². The quantitative estimate of drug-likeness (QED) is 0.813. The van der Waals surface area contributed by atoms with Crippen LogP contribution in [0.25, 0.3) is 0 Å². The Labute approximate surface area is 101 Å². The molecule has 1 aliphatic rings. The van der Waals surface area contributed by atoms with E-state index in [0.717, 1.165) is 19.3 Å². The molecule has 1 fully saturated rings. The van der Waals surface area contributed by atoms with E-state index in [2.05, 4.69) is 12.2 Å². The Morgan fingerprint density at radius 2 is 2.00 bits per heavy atom. The van der Waals surface area contributed by atoms with Gasteiger partial charge in [-0.25, -0.2) is 8.78 Å². The lowest BCUT2D eigenvalue weighted by Crippen LogP contribution is -2.27.